The summed E-state index contributed by atoms with van der Waals surface area (Å²) < 4.78 is 42.9. The van der Waals surface area contributed by atoms with Gasteiger partial charge in [0, 0.05) is 55.7 Å². The molecule has 1 aliphatic carbocycles. The van der Waals surface area contributed by atoms with Gasteiger partial charge in [-0.25, -0.2) is 9.78 Å². The van der Waals surface area contributed by atoms with E-state index in [9.17, 15) is 27.6 Å². The smallest absolute Gasteiger partial charge is 0.349 e. The number of nitrogens with zero attached hydrogens (tertiary/aromatic N) is 6. The summed E-state index contributed by atoms with van der Waals surface area (Å²) in [6.07, 6.45) is 0.452. The molecule has 2 aromatic heterocycles. The Kier molecular flexibility index (Phi) is 10.7. The van der Waals surface area contributed by atoms with E-state index < -0.39 is 17.8 Å². The lowest BCUT2D eigenvalue weighted by atomic mass is 9.86. The maximum atomic E-state index is 13.6. The number of urea groups is 1. The fourth-order valence-electron chi connectivity index (χ4n) is 5.60. The Hall–Kier alpha value is -5.24. The summed E-state index contributed by atoms with van der Waals surface area (Å²) in [5.41, 5.74) is 5.82. The third-order valence-electron chi connectivity index (χ3n) is 8.00. The van der Waals surface area contributed by atoms with Crippen molar-refractivity contribution in [2.24, 2.45) is 12.8 Å². The lowest BCUT2D eigenvalue weighted by Gasteiger charge is -2.39. The van der Waals surface area contributed by atoms with Crippen molar-refractivity contribution in [1.82, 2.24) is 34.9 Å². The molecule has 3 aromatic rings. The molecule has 4 amide bonds. The highest BCUT2D eigenvalue weighted by Crippen LogP contribution is 2.36. The highest BCUT2D eigenvalue weighted by molar-refractivity contribution is 6.03. The fraction of sp³-hybridized carbons (Fsp3) is 0.433. The molecule has 3 heterocycles. The van der Waals surface area contributed by atoms with Crippen LogP contribution in [-0.4, -0.2) is 80.1 Å². The first kappa shape index (κ1) is 34.6. The summed E-state index contributed by atoms with van der Waals surface area (Å²) in [5, 5.41) is 21.0. The first-order valence-electron chi connectivity index (χ1n) is 14.7. The standard InChI is InChI=1S/C29H33F3N10O3.CH2O/c1-16-10-18(5-6-21(16)26(43)37-19-11-20(12-19)38-28(45)41-8-3-4-17(34)14-41)36-27(44)25-35-13-23(40(25)2)22-15-42(9-7-33)39-24(22)29(30,31)32;1-2/h5-6,10,13,15,17,19-20H,3-4,8-9,11-12,14,34H2,1-2H3,(H,36,44)(H,37,43)(H,38,45);1H2. The van der Waals surface area contributed by atoms with E-state index in [1.54, 1.807) is 36.1 Å². The monoisotopic (exact) mass is 656 g/mol. The van der Waals surface area contributed by atoms with Crippen LogP contribution in [0.2, 0.25) is 0 Å². The van der Waals surface area contributed by atoms with Crippen LogP contribution in [0.5, 0.6) is 0 Å². The van der Waals surface area contributed by atoms with Crippen LogP contribution < -0.4 is 21.7 Å². The molecule has 2 aliphatic rings. The number of alkyl halides is 3. The number of nitriles is 1. The summed E-state index contributed by atoms with van der Waals surface area (Å²) in [6, 6.07) is 6.22. The van der Waals surface area contributed by atoms with Crippen LogP contribution in [0, 0.1) is 18.3 Å². The highest BCUT2D eigenvalue weighted by atomic mass is 19.4. The van der Waals surface area contributed by atoms with Gasteiger partial charge in [0.25, 0.3) is 11.8 Å². The van der Waals surface area contributed by atoms with Crippen LogP contribution >= 0.6 is 0 Å². The van der Waals surface area contributed by atoms with Crippen molar-refractivity contribution < 1.29 is 32.3 Å². The topological polar surface area (TPSA) is 193 Å². The van der Waals surface area contributed by atoms with Crippen LogP contribution in [0.1, 0.15) is 57.9 Å². The zero-order chi connectivity index (χ0) is 34.5. The molecule has 1 aliphatic heterocycles. The molecule has 17 heteroatoms. The fourth-order valence-corrected chi connectivity index (χ4v) is 5.60. The summed E-state index contributed by atoms with van der Waals surface area (Å²) in [4.78, 5) is 52.2. The van der Waals surface area contributed by atoms with Crippen molar-refractivity contribution in [2.45, 2.75) is 63.5 Å². The van der Waals surface area contributed by atoms with Gasteiger partial charge in [0.05, 0.1) is 23.5 Å². The second kappa shape index (κ2) is 14.5. The summed E-state index contributed by atoms with van der Waals surface area (Å²) in [7, 11) is 1.40. The number of likely N-dealkylation sites (tertiary alicyclic amines) is 1. The quantitative estimate of drug-likeness (QED) is 0.298. The number of benzene rings is 1. The maximum Gasteiger partial charge on any atom is 0.435 e. The van der Waals surface area contributed by atoms with E-state index in [2.05, 4.69) is 26.0 Å². The molecular weight excluding hydrogens is 621 g/mol. The predicted molar refractivity (Wildman–Crippen MR) is 163 cm³/mol. The van der Waals surface area contributed by atoms with Crippen molar-refractivity contribution in [2.75, 3.05) is 18.4 Å². The molecule has 1 atom stereocenters. The van der Waals surface area contributed by atoms with E-state index >= 15 is 0 Å². The van der Waals surface area contributed by atoms with Crippen LogP contribution in [0.15, 0.2) is 30.6 Å². The van der Waals surface area contributed by atoms with Gasteiger partial charge in [-0.3, -0.25) is 14.3 Å². The molecule has 1 saturated heterocycles. The minimum absolute atomic E-state index is 0.00288. The lowest BCUT2D eigenvalue weighted by molar-refractivity contribution is -0.141. The average molecular weight is 657 g/mol. The summed E-state index contributed by atoms with van der Waals surface area (Å²) in [5.74, 6) is -1.11. The molecule has 250 valence electrons. The second-order valence-electron chi connectivity index (χ2n) is 11.4. The van der Waals surface area contributed by atoms with E-state index in [4.69, 9.17) is 15.8 Å². The number of nitrogens with two attached hydrogens (primary N) is 1. The molecule has 14 nitrogen and oxygen atoms in total. The van der Waals surface area contributed by atoms with Gasteiger partial charge < -0.3 is 35.9 Å². The van der Waals surface area contributed by atoms with Crippen molar-refractivity contribution in [3.63, 3.8) is 0 Å². The molecule has 1 unspecified atom stereocenters. The number of amides is 4. The van der Waals surface area contributed by atoms with Gasteiger partial charge in [0.15, 0.2) is 11.5 Å². The van der Waals surface area contributed by atoms with Gasteiger partial charge in [-0.2, -0.15) is 23.5 Å². The van der Waals surface area contributed by atoms with Gasteiger partial charge in [0.2, 0.25) is 0 Å². The third kappa shape index (κ3) is 7.95. The Labute approximate surface area is 268 Å². The Morgan fingerprint density at radius 1 is 1.15 bits per heavy atom. The lowest BCUT2D eigenvalue weighted by Crippen LogP contribution is -2.57. The number of nitrogens with one attached hydrogen (secondary N) is 3. The number of aromatic nitrogens is 4. The van der Waals surface area contributed by atoms with E-state index in [0.717, 1.165) is 29.9 Å². The number of anilines is 1. The van der Waals surface area contributed by atoms with Crippen LogP contribution in [0.4, 0.5) is 23.7 Å². The first-order chi connectivity index (χ1) is 22.3. The van der Waals surface area contributed by atoms with Gasteiger partial charge >= 0.3 is 12.2 Å². The number of aryl methyl sites for hydroxylation is 1. The van der Waals surface area contributed by atoms with Gasteiger partial charge in [-0.15, -0.1) is 0 Å². The number of hydrogen-bond acceptors (Lipinski definition) is 8. The van der Waals surface area contributed by atoms with Crippen LogP contribution in [0.3, 0.4) is 0 Å². The molecule has 47 heavy (non-hydrogen) atoms. The summed E-state index contributed by atoms with van der Waals surface area (Å²) >= 11 is 0. The molecule has 0 radical (unpaired) electrons. The minimum Gasteiger partial charge on any atom is -0.349 e. The summed E-state index contributed by atoms with van der Waals surface area (Å²) in [6.45, 7) is 4.56. The molecule has 1 saturated carbocycles. The number of rotatable bonds is 7. The molecule has 5 N–H and O–H groups in total. The molecule has 0 spiro atoms. The van der Waals surface area contributed by atoms with Crippen molar-refractivity contribution in [3.8, 4) is 17.3 Å². The minimum atomic E-state index is -4.79. The van der Waals surface area contributed by atoms with Crippen molar-refractivity contribution in [1.29, 1.82) is 5.26 Å². The maximum absolute atomic E-state index is 13.6. The first-order valence-corrected chi connectivity index (χ1v) is 14.7. The van der Waals surface area contributed by atoms with Crippen LogP contribution in [-0.2, 0) is 24.6 Å². The molecule has 1 aromatic carbocycles. The van der Waals surface area contributed by atoms with E-state index in [0.29, 0.717) is 42.7 Å². The second-order valence-corrected chi connectivity index (χ2v) is 11.4. The number of carbonyl (C=O) groups excluding carboxylic acids is 4. The Morgan fingerprint density at radius 2 is 1.85 bits per heavy atom. The zero-order valence-corrected chi connectivity index (χ0v) is 25.8. The molecular formula is C30H35F3N10O4. The number of carbonyl (C=O) groups is 4. The van der Waals surface area contributed by atoms with Crippen LogP contribution in [0.25, 0.3) is 11.3 Å². The Morgan fingerprint density at radius 3 is 2.49 bits per heavy atom. The largest absolute Gasteiger partial charge is 0.435 e. The third-order valence-corrected chi connectivity index (χ3v) is 8.00. The zero-order valence-electron chi connectivity index (χ0n) is 25.8. The van der Waals surface area contributed by atoms with Crippen molar-refractivity contribution in [3.05, 3.63) is 53.2 Å². The predicted octanol–water partition coefficient (Wildman–Crippen LogP) is 2.60. The van der Waals surface area contributed by atoms with E-state index in [1.807, 2.05) is 6.79 Å². The normalized spacial score (nSPS) is 19.0. The number of hydrogen-bond donors (Lipinski definition) is 4. The van der Waals surface area contributed by atoms with E-state index in [-0.39, 0.29) is 53.7 Å². The van der Waals surface area contributed by atoms with E-state index in [1.165, 1.54) is 11.6 Å². The highest BCUT2D eigenvalue weighted by Gasteiger charge is 2.39. The Bertz CT molecular complexity index is 1670. The van der Waals surface area contributed by atoms with Gasteiger partial charge in [0.1, 0.15) is 13.3 Å². The van der Waals surface area contributed by atoms with Gasteiger partial charge in [-0.1, -0.05) is 0 Å². The molecule has 5 rings (SSSR count). The SMILES string of the molecule is C=O.Cc1cc(NC(=O)c2ncc(-c3cn(CC#N)nc3C(F)(F)F)n2C)ccc1C(=O)NC1CC(NC(=O)N2CCCC(N)C2)C1. The average Bonchev–Trinajstić information content (AvgIpc) is 3.60. The molecule has 0 bridgehead atoms. The van der Waals surface area contributed by atoms with Gasteiger partial charge in [-0.05, 0) is 56.4 Å². The van der Waals surface area contributed by atoms with Crippen molar-refractivity contribution >= 4 is 30.3 Å². The molecule has 2 fully saturated rings. The number of imidazole rings is 1. The number of halogens is 3. The number of piperidine rings is 1. The Balaban J connectivity index is 0.00000245.